The van der Waals surface area contributed by atoms with Crippen LogP contribution in [0.1, 0.15) is 23.8 Å². The lowest BCUT2D eigenvalue weighted by Gasteiger charge is -2.25. The molecule has 6 heteroatoms. The van der Waals surface area contributed by atoms with Crippen LogP contribution >= 0.6 is 0 Å². The van der Waals surface area contributed by atoms with Crippen LogP contribution in [0.25, 0.3) is 11.1 Å². The van der Waals surface area contributed by atoms with E-state index in [4.69, 9.17) is 4.74 Å². The number of aryl methyl sites for hydroxylation is 1. The number of ether oxygens (including phenoxy) is 1. The Bertz CT molecular complexity index is 689. The number of nitrogens with one attached hydrogen (secondary N) is 2. The van der Waals surface area contributed by atoms with Gasteiger partial charge in [-0.2, -0.15) is 0 Å². The van der Waals surface area contributed by atoms with Gasteiger partial charge in [0.2, 0.25) is 5.91 Å². The van der Waals surface area contributed by atoms with Crippen LogP contribution in [0.2, 0.25) is 0 Å². The van der Waals surface area contributed by atoms with Crippen molar-refractivity contribution in [2.75, 3.05) is 27.4 Å². The number of methoxy groups -OCH3 is 1. The maximum atomic E-state index is 13.5. The third-order valence-corrected chi connectivity index (χ3v) is 4.22. The van der Waals surface area contributed by atoms with Crippen molar-refractivity contribution >= 4 is 5.91 Å². The molecule has 0 bridgehead atoms. The number of benzene rings is 1. The number of nitrogens with zero attached hydrogens (tertiary/aromatic N) is 1. The van der Waals surface area contributed by atoms with E-state index in [1.54, 1.807) is 7.05 Å². The van der Waals surface area contributed by atoms with Gasteiger partial charge in [-0.25, -0.2) is 4.39 Å². The predicted molar refractivity (Wildman–Crippen MR) is 101 cm³/mol. The van der Waals surface area contributed by atoms with Crippen molar-refractivity contribution < 1.29 is 13.9 Å². The average Bonchev–Trinajstić information content (AvgIpc) is 2.67. The first kappa shape index (κ1) is 20.0. The summed E-state index contributed by atoms with van der Waals surface area (Å²) in [5, 5.41) is 5.61. The zero-order valence-electron chi connectivity index (χ0n) is 15.5. The molecule has 0 saturated carbocycles. The number of alkyl halides is 1. The minimum absolute atomic E-state index is 0.202. The second kappa shape index (κ2) is 9.99. The van der Waals surface area contributed by atoms with Crippen LogP contribution in [-0.2, 0) is 9.53 Å². The first-order chi connectivity index (χ1) is 12.6. The fourth-order valence-corrected chi connectivity index (χ4v) is 2.75. The van der Waals surface area contributed by atoms with E-state index in [1.807, 2.05) is 49.5 Å². The summed E-state index contributed by atoms with van der Waals surface area (Å²) in [7, 11) is 3.29. The second-order valence-electron chi connectivity index (χ2n) is 6.15. The van der Waals surface area contributed by atoms with Crippen molar-refractivity contribution in [1.29, 1.82) is 0 Å². The molecule has 0 spiro atoms. The summed E-state index contributed by atoms with van der Waals surface area (Å²) in [6.07, 6.45) is 1.57. The molecule has 0 aliphatic rings. The van der Waals surface area contributed by atoms with Crippen molar-refractivity contribution in [2.45, 2.75) is 25.5 Å². The standard InChI is InChI=1S/C20H26FN3O2/c1-14-4-5-17(13-23-14)15-6-8-16(9-7-15)20(26-3)18(12-21)24-19(25)10-11-22-2/h4-9,13,18,20,22H,10-12H2,1-3H3,(H,24,25)/t18-,20-/m1/s1. The highest BCUT2D eigenvalue weighted by atomic mass is 19.1. The zero-order valence-corrected chi connectivity index (χ0v) is 15.5. The largest absolute Gasteiger partial charge is 0.375 e. The first-order valence-corrected chi connectivity index (χ1v) is 8.64. The van der Waals surface area contributed by atoms with Gasteiger partial charge in [-0.15, -0.1) is 0 Å². The Hall–Kier alpha value is -2.31. The molecular formula is C20H26FN3O2. The monoisotopic (exact) mass is 359 g/mol. The number of rotatable bonds is 9. The van der Waals surface area contributed by atoms with Crippen LogP contribution in [0, 0.1) is 6.92 Å². The first-order valence-electron chi connectivity index (χ1n) is 8.64. The molecule has 0 aliphatic carbocycles. The number of halogens is 1. The van der Waals surface area contributed by atoms with E-state index in [-0.39, 0.29) is 5.91 Å². The smallest absolute Gasteiger partial charge is 0.221 e. The minimum Gasteiger partial charge on any atom is -0.375 e. The summed E-state index contributed by atoms with van der Waals surface area (Å²) in [4.78, 5) is 16.2. The number of hydrogen-bond acceptors (Lipinski definition) is 4. The Morgan fingerprint density at radius 2 is 1.88 bits per heavy atom. The van der Waals surface area contributed by atoms with Gasteiger partial charge < -0.3 is 15.4 Å². The molecule has 2 aromatic rings. The minimum atomic E-state index is -0.726. The number of carbonyl (C=O) groups excluding carboxylic acids is 1. The van der Waals surface area contributed by atoms with Crippen molar-refractivity contribution in [2.24, 2.45) is 0 Å². The molecule has 1 amide bonds. The van der Waals surface area contributed by atoms with Crippen LogP contribution < -0.4 is 10.6 Å². The van der Waals surface area contributed by atoms with Gasteiger partial charge in [0.25, 0.3) is 0 Å². The third-order valence-electron chi connectivity index (χ3n) is 4.22. The lowest BCUT2D eigenvalue weighted by atomic mass is 9.99. The SMILES string of the molecule is CNCCC(=O)N[C@H](CF)[C@H](OC)c1ccc(-c2ccc(C)nc2)cc1. The number of hydrogen-bond donors (Lipinski definition) is 2. The molecule has 0 aliphatic heterocycles. The molecule has 2 rings (SSSR count). The van der Waals surface area contributed by atoms with Crippen LogP contribution in [-0.4, -0.2) is 44.3 Å². The fraction of sp³-hybridized carbons (Fsp3) is 0.400. The summed E-state index contributed by atoms with van der Waals surface area (Å²) in [5.41, 5.74) is 3.81. The molecule has 26 heavy (non-hydrogen) atoms. The van der Waals surface area contributed by atoms with Gasteiger partial charge >= 0.3 is 0 Å². The van der Waals surface area contributed by atoms with Crippen molar-refractivity contribution in [1.82, 2.24) is 15.6 Å². The van der Waals surface area contributed by atoms with E-state index in [0.29, 0.717) is 13.0 Å². The quantitative estimate of drug-likeness (QED) is 0.723. The maximum Gasteiger partial charge on any atom is 0.221 e. The van der Waals surface area contributed by atoms with E-state index in [0.717, 1.165) is 22.4 Å². The number of carbonyl (C=O) groups is 1. The van der Waals surface area contributed by atoms with Crippen LogP contribution in [0.5, 0.6) is 0 Å². The molecule has 5 nitrogen and oxygen atoms in total. The fourth-order valence-electron chi connectivity index (χ4n) is 2.75. The van der Waals surface area contributed by atoms with Gasteiger partial charge in [0.05, 0.1) is 6.04 Å². The molecule has 0 fully saturated rings. The molecule has 0 radical (unpaired) electrons. The van der Waals surface area contributed by atoms with Gasteiger partial charge in [-0.05, 0) is 31.2 Å². The second-order valence-corrected chi connectivity index (χ2v) is 6.15. The molecule has 2 atom stereocenters. The number of aromatic nitrogens is 1. The molecular weight excluding hydrogens is 333 g/mol. The summed E-state index contributed by atoms with van der Waals surface area (Å²) in [5.74, 6) is -0.202. The van der Waals surface area contributed by atoms with Crippen LogP contribution in [0.15, 0.2) is 42.6 Å². The highest BCUT2D eigenvalue weighted by Gasteiger charge is 2.24. The van der Waals surface area contributed by atoms with Gasteiger partial charge in [0.15, 0.2) is 0 Å². The van der Waals surface area contributed by atoms with Crippen LogP contribution in [0.3, 0.4) is 0 Å². The van der Waals surface area contributed by atoms with Crippen molar-refractivity contribution in [3.8, 4) is 11.1 Å². The van der Waals surface area contributed by atoms with Crippen molar-refractivity contribution in [3.05, 3.63) is 53.9 Å². The van der Waals surface area contributed by atoms with Gasteiger partial charge in [0, 0.05) is 37.5 Å². The molecule has 2 N–H and O–H groups in total. The topological polar surface area (TPSA) is 63.2 Å². The number of pyridine rings is 1. The summed E-state index contributed by atoms with van der Waals surface area (Å²) < 4.78 is 19.0. The highest BCUT2D eigenvalue weighted by Crippen LogP contribution is 2.25. The molecule has 0 saturated heterocycles. The number of amides is 1. The average molecular weight is 359 g/mol. The lowest BCUT2D eigenvalue weighted by molar-refractivity contribution is -0.123. The van der Waals surface area contributed by atoms with Crippen molar-refractivity contribution in [3.63, 3.8) is 0 Å². The maximum absolute atomic E-state index is 13.5. The Balaban J connectivity index is 2.12. The van der Waals surface area contributed by atoms with E-state index < -0.39 is 18.8 Å². The zero-order chi connectivity index (χ0) is 18.9. The van der Waals surface area contributed by atoms with Gasteiger partial charge in [-0.3, -0.25) is 9.78 Å². The predicted octanol–water partition coefficient (Wildman–Crippen LogP) is 2.81. The van der Waals surface area contributed by atoms with E-state index in [9.17, 15) is 9.18 Å². The molecule has 1 aromatic heterocycles. The molecule has 0 unspecified atom stereocenters. The Morgan fingerprint density at radius 1 is 1.19 bits per heavy atom. The summed E-state index contributed by atoms with van der Waals surface area (Å²) >= 11 is 0. The highest BCUT2D eigenvalue weighted by molar-refractivity contribution is 5.76. The summed E-state index contributed by atoms with van der Waals surface area (Å²) in [6, 6.07) is 10.9. The molecule has 1 heterocycles. The lowest BCUT2D eigenvalue weighted by Crippen LogP contribution is -2.42. The van der Waals surface area contributed by atoms with Gasteiger partial charge in [0.1, 0.15) is 12.8 Å². The Labute approximate surface area is 154 Å². The van der Waals surface area contributed by atoms with E-state index in [2.05, 4.69) is 15.6 Å². The van der Waals surface area contributed by atoms with Crippen LogP contribution in [0.4, 0.5) is 4.39 Å². The van der Waals surface area contributed by atoms with Gasteiger partial charge in [-0.1, -0.05) is 30.3 Å². The van der Waals surface area contributed by atoms with E-state index >= 15 is 0 Å². The molecule has 140 valence electrons. The Kier molecular flexibility index (Phi) is 7.69. The summed E-state index contributed by atoms with van der Waals surface area (Å²) in [6.45, 7) is 1.78. The third kappa shape index (κ3) is 5.34. The van der Waals surface area contributed by atoms with E-state index in [1.165, 1.54) is 7.11 Å². The molecule has 1 aromatic carbocycles. The Morgan fingerprint density at radius 3 is 2.42 bits per heavy atom. The normalized spacial score (nSPS) is 13.2.